The Labute approximate surface area is 161 Å². The number of halogens is 2. The first-order chi connectivity index (χ1) is 12.6. The number of thioether (sulfide) groups is 1. The van der Waals surface area contributed by atoms with Gasteiger partial charge in [0.15, 0.2) is 0 Å². The monoisotopic (exact) mass is 433 g/mol. The molecule has 1 amide bonds. The molecular formula is C18H13BrFN3O2S. The van der Waals surface area contributed by atoms with E-state index < -0.39 is 5.82 Å². The van der Waals surface area contributed by atoms with Gasteiger partial charge in [0.05, 0.1) is 16.5 Å². The van der Waals surface area contributed by atoms with Gasteiger partial charge in [0.2, 0.25) is 11.8 Å². The molecule has 1 aliphatic heterocycles. The number of carbonyl (C=O) groups excluding carboxylic acids is 1. The highest BCUT2D eigenvalue weighted by Crippen LogP contribution is 2.35. The van der Waals surface area contributed by atoms with Gasteiger partial charge in [-0.3, -0.25) is 4.79 Å². The summed E-state index contributed by atoms with van der Waals surface area (Å²) in [5, 5.41) is 8.03. The van der Waals surface area contributed by atoms with Gasteiger partial charge in [-0.15, -0.1) is 10.2 Å². The molecule has 1 fully saturated rings. The third-order valence-corrected chi connectivity index (χ3v) is 5.83. The van der Waals surface area contributed by atoms with Gasteiger partial charge in [-0.2, -0.15) is 0 Å². The molecule has 1 atom stereocenters. The lowest BCUT2D eigenvalue weighted by Gasteiger charge is -2.16. The average Bonchev–Trinajstić information content (AvgIpc) is 3.24. The maximum absolute atomic E-state index is 14.0. The Kier molecular flexibility index (Phi) is 4.78. The van der Waals surface area contributed by atoms with Crippen LogP contribution in [0.1, 0.15) is 6.42 Å². The van der Waals surface area contributed by atoms with Crippen LogP contribution in [0.25, 0.3) is 11.5 Å². The van der Waals surface area contributed by atoms with Crippen molar-refractivity contribution in [1.29, 1.82) is 0 Å². The normalized spacial score (nSPS) is 17.1. The van der Waals surface area contributed by atoms with E-state index in [4.69, 9.17) is 4.42 Å². The average molecular weight is 434 g/mol. The van der Waals surface area contributed by atoms with Gasteiger partial charge in [0.25, 0.3) is 5.22 Å². The Hall–Kier alpha value is -2.19. The van der Waals surface area contributed by atoms with E-state index in [1.807, 2.05) is 24.3 Å². The number of rotatable bonds is 4. The van der Waals surface area contributed by atoms with Crippen LogP contribution in [0, 0.1) is 5.82 Å². The molecule has 5 nitrogen and oxygen atoms in total. The number of benzene rings is 2. The zero-order valence-corrected chi connectivity index (χ0v) is 15.8. The molecule has 2 heterocycles. The molecule has 0 bridgehead atoms. The lowest BCUT2D eigenvalue weighted by atomic mass is 10.2. The van der Waals surface area contributed by atoms with Gasteiger partial charge in [-0.1, -0.05) is 36.0 Å². The molecule has 3 aromatic rings. The Balaban J connectivity index is 1.50. The predicted molar refractivity (Wildman–Crippen MR) is 100 cm³/mol. The van der Waals surface area contributed by atoms with Gasteiger partial charge < -0.3 is 9.32 Å². The van der Waals surface area contributed by atoms with Gasteiger partial charge in [-0.05, 0) is 46.6 Å². The predicted octanol–water partition coefficient (Wildman–Crippen LogP) is 4.54. The lowest BCUT2D eigenvalue weighted by molar-refractivity contribution is -0.116. The topological polar surface area (TPSA) is 59.2 Å². The molecule has 0 aliphatic carbocycles. The van der Waals surface area contributed by atoms with E-state index in [1.165, 1.54) is 22.7 Å². The van der Waals surface area contributed by atoms with Crippen LogP contribution in [0.4, 0.5) is 10.1 Å². The highest BCUT2D eigenvalue weighted by atomic mass is 79.9. The number of nitrogens with zero attached hydrogens (tertiary/aromatic N) is 3. The fraction of sp³-hybridized carbons (Fsp3) is 0.167. The van der Waals surface area contributed by atoms with Crippen LogP contribution in [-0.2, 0) is 4.79 Å². The van der Waals surface area contributed by atoms with Crippen molar-refractivity contribution in [2.75, 3.05) is 11.4 Å². The Bertz CT molecular complexity index is 965. The zero-order chi connectivity index (χ0) is 18.1. The molecule has 4 rings (SSSR count). The first kappa shape index (κ1) is 17.2. The van der Waals surface area contributed by atoms with Gasteiger partial charge in [0.1, 0.15) is 5.82 Å². The first-order valence-electron chi connectivity index (χ1n) is 7.94. The minimum atomic E-state index is -0.402. The van der Waals surface area contributed by atoms with E-state index in [-0.39, 0.29) is 11.2 Å². The van der Waals surface area contributed by atoms with Crippen molar-refractivity contribution in [2.24, 2.45) is 0 Å². The molecule has 1 saturated heterocycles. The Morgan fingerprint density at radius 1 is 1.15 bits per heavy atom. The van der Waals surface area contributed by atoms with Crippen LogP contribution in [0.15, 0.2) is 62.6 Å². The number of para-hydroxylation sites is 1. The summed E-state index contributed by atoms with van der Waals surface area (Å²) < 4.78 is 20.5. The summed E-state index contributed by atoms with van der Waals surface area (Å²) in [5.74, 6) is -0.169. The third kappa shape index (κ3) is 3.26. The van der Waals surface area contributed by atoms with E-state index in [2.05, 4.69) is 26.1 Å². The van der Waals surface area contributed by atoms with Crippen LogP contribution < -0.4 is 4.90 Å². The second-order valence-corrected chi connectivity index (χ2v) is 7.70. The summed E-state index contributed by atoms with van der Waals surface area (Å²) in [6, 6.07) is 13.8. The van der Waals surface area contributed by atoms with Gasteiger partial charge in [0, 0.05) is 11.0 Å². The summed E-state index contributed by atoms with van der Waals surface area (Å²) in [4.78, 5) is 14.1. The molecule has 1 aliphatic rings. The van der Waals surface area contributed by atoms with Crippen molar-refractivity contribution in [3.8, 4) is 11.5 Å². The van der Waals surface area contributed by atoms with E-state index in [1.54, 1.807) is 18.2 Å². The molecule has 132 valence electrons. The third-order valence-electron chi connectivity index (χ3n) is 4.05. The van der Waals surface area contributed by atoms with E-state index in [9.17, 15) is 9.18 Å². The number of amides is 1. The molecule has 26 heavy (non-hydrogen) atoms. The summed E-state index contributed by atoms with van der Waals surface area (Å²) >= 11 is 4.67. The second-order valence-electron chi connectivity index (χ2n) is 5.69. The number of carbonyl (C=O) groups is 1. The summed E-state index contributed by atoms with van der Waals surface area (Å²) in [7, 11) is 0. The van der Waals surface area contributed by atoms with Crippen molar-refractivity contribution < 1.29 is 13.6 Å². The number of hydrogen-bond acceptors (Lipinski definition) is 5. The number of aromatic nitrogens is 2. The maximum Gasteiger partial charge on any atom is 0.277 e. The number of hydrogen-bond donors (Lipinski definition) is 0. The highest BCUT2D eigenvalue weighted by Gasteiger charge is 2.35. The minimum Gasteiger partial charge on any atom is -0.411 e. The van der Waals surface area contributed by atoms with Crippen molar-refractivity contribution in [2.45, 2.75) is 16.9 Å². The molecule has 1 aromatic heterocycles. The molecular weight excluding hydrogens is 421 g/mol. The molecule has 0 N–H and O–H groups in total. The van der Waals surface area contributed by atoms with Gasteiger partial charge in [-0.25, -0.2) is 4.39 Å². The fourth-order valence-corrected chi connectivity index (χ4v) is 4.16. The van der Waals surface area contributed by atoms with Crippen LogP contribution in [0.2, 0.25) is 0 Å². The molecule has 1 unspecified atom stereocenters. The van der Waals surface area contributed by atoms with Crippen LogP contribution in [0.5, 0.6) is 0 Å². The molecule has 2 aromatic carbocycles. The SMILES string of the molecule is O=C1C(Sc2nnc(-c3ccccc3Br)o2)CCN1c1ccccc1F. The van der Waals surface area contributed by atoms with E-state index in [0.717, 1.165) is 10.0 Å². The smallest absolute Gasteiger partial charge is 0.277 e. The van der Waals surface area contributed by atoms with Crippen LogP contribution in [-0.4, -0.2) is 27.9 Å². The van der Waals surface area contributed by atoms with Crippen molar-refractivity contribution in [3.05, 3.63) is 58.8 Å². The lowest BCUT2D eigenvalue weighted by Crippen LogP contribution is -2.28. The highest BCUT2D eigenvalue weighted by molar-refractivity contribution is 9.10. The Morgan fingerprint density at radius 3 is 2.73 bits per heavy atom. The largest absolute Gasteiger partial charge is 0.411 e. The van der Waals surface area contributed by atoms with Gasteiger partial charge >= 0.3 is 0 Å². The van der Waals surface area contributed by atoms with Crippen molar-refractivity contribution >= 4 is 39.3 Å². The molecule has 8 heteroatoms. The summed E-state index contributed by atoms with van der Waals surface area (Å²) in [6.07, 6.45) is 0.588. The van der Waals surface area contributed by atoms with E-state index in [0.29, 0.717) is 29.8 Å². The van der Waals surface area contributed by atoms with E-state index >= 15 is 0 Å². The zero-order valence-electron chi connectivity index (χ0n) is 13.4. The first-order valence-corrected chi connectivity index (χ1v) is 9.62. The molecule has 0 radical (unpaired) electrons. The second kappa shape index (κ2) is 7.20. The minimum absolute atomic E-state index is 0.152. The maximum atomic E-state index is 14.0. The fourth-order valence-electron chi connectivity index (χ4n) is 2.80. The molecule has 0 spiro atoms. The Morgan fingerprint density at radius 2 is 1.92 bits per heavy atom. The summed E-state index contributed by atoms with van der Waals surface area (Å²) in [6.45, 7) is 0.461. The van der Waals surface area contributed by atoms with Crippen molar-refractivity contribution in [1.82, 2.24) is 10.2 Å². The standard InChI is InChI=1S/C18H13BrFN3O2S/c19-12-6-2-1-5-11(12)16-21-22-18(25-16)26-15-9-10-23(17(15)24)14-8-4-3-7-13(14)20/h1-8,15H,9-10H2. The van der Waals surface area contributed by atoms with Crippen LogP contribution in [0.3, 0.4) is 0 Å². The number of anilines is 1. The van der Waals surface area contributed by atoms with Crippen molar-refractivity contribution in [3.63, 3.8) is 0 Å². The molecule has 0 saturated carbocycles. The van der Waals surface area contributed by atoms with Crippen LogP contribution >= 0.6 is 27.7 Å². The quantitative estimate of drug-likeness (QED) is 0.604. The summed E-state index contributed by atoms with van der Waals surface area (Å²) in [5.41, 5.74) is 1.10.